The summed E-state index contributed by atoms with van der Waals surface area (Å²) in [5, 5.41) is 0. The van der Waals surface area contributed by atoms with E-state index in [0.29, 0.717) is 12.2 Å². The van der Waals surface area contributed by atoms with Gasteiger partial charge in [0.05, 0.1) is 11.4 Å². The predicted molar refractivity (Wildman–Crippen MR) is 62.1 cm³/mol. The normalized spacial score (nSPS) is 22.9. The third-order valence-corrected chi connectivity index (χ3v) is 4.12. The molecule has 1 aliphatic carbocycles. The first-order valence-electron chi connectivity index (χ1n) is 5.96. The first-order valence-corrected chi connectivity index (χ1v) is 5.96. The topological polar surface area (TPSA) is 42.9 Å². The molecule has 0 bridgehead atoms. The van der Waals surface area contributed by atoms with E-state index in [1.54, 1.807) is 12.4 Å². The fraction of sp³-hybridized carbons (Fsp3) is 0.615. The first kappa shape index (κ1) is 11.2. The Hall–Kier alpha value is -1.25. The zero-order valence-corrected chi connectivity index (χ0v) is 10.2. The molecule has 1 aromatic rings. The van der Waals surface area contributed by atoms with Crippen LogP contribution in [0.25, 0.3) is 0 Å². The highest BCUT2D eigenvalue weighted by Gasteiger charge is 2.53. The summed E-state index contributed by atoms with van der Waals surface area (Å²) in [6, 6.07) is 0. The summed E-state index contributed by atoms with van der Waals surface area (Å²) >= 11 is 0. The standard InChI is InChI=1S/C13H18N2O/c1-4-13(5-2)10(8-11(13)16)12-9(3)14-6-7-15-12/h6-7,10H,4-5,8H2,1-3H3. The molecule has 0 N–H and O–H groups in total. The van der Waals surface area contributed by atoms with Crippen LogP contribution in [0.4, 0.5) is 0 Å². The van der Waals surface area contributed by atoms with Crippen LogP contribution < -0.4 is 0 Å². The Morgan fingerprint density at radius 1 is 1.31 bits per heavy atom. The molecule has 3 heteroatoms. The fourth-order valence-corrected chi connectivity index (χ4v) is 2.90. The molecule has 1 aromatic heterocycles. The predicted octanol–water partition coefficient (Wildman–Crippen LogP) is 2.65. The summed E-state index contributed by atoms with van der Waals surface area (Å²) in [4.78, 5) is 20.5. The Kier molecular flexibility index (Phi) is 2.78. The molecule has 1 unspecified atom stereocenters. The van der Waals surface area contributed by atoms with Gasteiger partial charge in [-0.1, -0.05) is 13.8 Å². The maximum atomic E-state index is 11.9. The van der Waals surface area contributed by atoms with Crippen molar-refractivity contribution in [2.24, 2.45) is 5.41 Å². The molecule has 86 valence electrons. The second kappa shape index (κ2) is 3.96. The van der Waals surface area contributed by atoms with Crippen LogP contribution in [0, 0.1) is 12.3 Å². The molecule has 3 nitrogen and oxygen atoms in total. The lowest BCUT2D eigenvalue weighted by Gasteiger charge is -2.47. The zero-order chi connectivity index (χ0) is 11.8. The molecular weight excluding hydrogens is 200 g/mol. The van der Waals surface area contributed by atoms with Gasteiger partial charge in [0.2, 0.25) is 0 Å². The Labute approximate surface area is 96.3 Å². The summed E-state index contributed by atoms with van der Waals surface area (Å²) in [6.07, 6.45) is 5.88. The zero-order valence-electron chi connectivity index (χ0n) is 10.2. The number of carbonyl (C=O) groups is 1. The van der Waals surface area contributed by atoms with Gasteiger partial charge in [-0.3, -0.25) is 14.8 Å². The minimum atomic E-state index is -0.166. The van der Waals surface area contributed by atoms with E-state index in [1.807, 2.05) is 6.92 Å². The third kappa shape index (κ3) is 1.38. The van der Waals surface area contributed by atoms with Gasteiger partial charge in [0.15, 0.2) is 0 Å². The van der Waals surface area contributed by atoms with E-state index in [4.69, 9.17) is 0 Å². The quantitative estimate of drug-likeness (QED) is 0.783. The van der Waals surface area contributed by atoms with Gasteiger partial charge >= 0.3 is 0 Å². The van der Waals surface area contributed by atoms with Crippen molar-refractivity contribution >= 4 is 5.78 Å². The lowest BCUT2D eigenvalue weighted by Crippen LogP contribution is -2.48. The van der Waals surface area contributed by atoms with Crippen LogP contribution in [-0.4, -0.2) is 15.8 Å². The van der Waals surface area contributed by atoms with Gasteiger partial charge < -0.3 is 0 Å². The van der Waals surface area contributed by atoms with Gasteiger partial charge in [-0.25, -0.2) is 0 Å². The lowest BCUT2D eigenvalue weighted by atomic mass is 9.55. The molecular formula is C13H18N2O. The van der Waals surface area contributed by atoms with Crippen molar-refractivity contribution in [1.82, 2.24) is 9.97 Å². The lowest BCUT2D eigenvalue weighted by molar-refractivity contribution is -0.141. The number of rotatable bonds is 3. The van der Waals surface area contributed by atoms with Crippen molar-refractivity contribution < 1.29 is 4.79 Å². The summed E-state index contributed by atoms with van der Waals surface area (Å²) in [5.41, 5.74) is 1.82. The van der Waals surface area contributed by atoms with E-state index in [9.17, 15) is 4.79 Å². The van der Waals surface area contributed by atoms with E-state index in [-0.39, 0.29) is 11.3 Å². The van der Waals surface area contributed by atoms with E-state index in [0.717, 1.165) is 24.2 Å². The van der Waals surface area contributed by atoms with Crippen molar-refractivity contribution in [3.63, 3.8) is 0 Å². The highest BCUT2D eigenvalue weighted by atomic mass is 16.1. The number of hydrogen-bond donors (Lipinski definition) is 0. The molecule has 0 aliphatic heterocycles. The van der Waals surface area contributed by atoms with E-state index < -0.39 is 0 Å². The van der Waals surface area contributed by atoms with Gasteiger partial charge in [-0.15, -0.1) is 0 Å². The number of carbonyl (C=O) groups excluding carboxylic acids is 1. The average Bonchev–Trinajstić information content (AvgIpc) is 2.29. The second-order valence-electron chi connectivity index (χ2n) is 4.57. The van der Waals surface area contributed by atoms with Crippen LogP contribution in [0.1, 0.15) is 50.4 Å². The molecule has 1 aliphatic rings. The summed E-state index contributed by atoms with van der Waals surface area (Å²) in [6.45, 7) is 6.17. The summed E-state index contributed by atoms with van der Waals surface area (Å²) < 4.78 is 0. The molecule has 16 heavy (non-hydrogen) atoms. The largest absolute Gasteiger partial charge is 0.299 e. The van der Waals surface area contributed by atoms with E-state index >= 15 is 0 Å². The van der Waals surface area contributed by atoms with Crippen LogP contribution >= 0.6 is 0 Å². The number of hydrogen-bond acceptors (Lipinski definition) is 3. The van der Waals surface area contributed by atoms with Crippen molar-refractivity contribution in [3.8, 4) is 0 Å². The molecule has 1 atom stereocenters. The molecule has 0 amide bonds. The molecule has 0 radical (unpaired) electrons. The van der Waals surface area contributed by atoms with Crippen molar-refractivity contribution in [2.45, 2.75) is 46.0 Å². The molecule has 1 heterocycles. The highest BCUT2D eigenvalue weighted by molar-refractivity contribution is 5.93. The number of aromatic nitrogens is 2. The molecule has 0 saturated heterocycles. The Bertz CT molecular complexity index is 410. The molecule has 0 spiro atoms. The average molecular weight is 218 g/mol. The Balaban J connectivity index is 2.37. The van der Waals surface area contributed by atoms with Crippen molar-refractivity contribution in [3.05, 3.63) is 23.8 Å². The van der Waals surface area contributed by atoms with Gasteiger partial charge in [-0.05, 0) is 19.8 Å². The van der Waals surface area contributed by atoms with Crippen LogP contribution in [0.2, 0.25) is 0 Å². The Morgan fingerprint density at radius 2 is 1.94 bits per heavy atom. The van der Waals surface area contributed by atoms with Gasteiger partial charge in [0.1, 0.15) is 5.78 Å². The van der Waals surface area contributed by atoms with Gasteiger partial charge in [0, 0.05) is 30.1 Å². The maximum Gasteiger partial charge on any atom is 0.140 e. The smallest absolute Gasteiger partial charge is 0.140 e. The van der Waals surface area contributed by atoms with E-state index in [1.165, 1.54) is 0 Å². The molecule has 0 aromatic carbocycles. The monoisotopic (exact) mass is 218 g/mol. The van der Waals surface area contributed by atoms with Gasteiger partial charge in [-0.2, -0.15) is 0 Å². The number of aryl methyl sites for hydroxylation is 1. The summed E-state index contributed by atoms with van der Waals surface area (Å²) in [5.74, 6) is 0.677. The number of Topliss-reactive ketones (excluding diaryl/α,β-unsaturated/α-hetero) is 1. The minimum Gasteiger partial charge on any atom is -0.299 e. The maximum absolute atomic E-state index is 11.9. The minimum absolute atomic E-state index is 0.166. The SMILES string of the molecule is CCC1(CC)C(=O)CC1c1nccnc1C. The molecule has 1 saturated carbocycles. The number of ketones is 1. The van der Waals surface area contributed by atoms with Crippen LogP contribution in [0.3, 0.4) is 0 Å². The Morgan fingerprint density at radius 3 is 2.44 bits per heavy atom. The first-order chi connectivity index (χ1) is 7.65. The second-order valence-corrected chi connectivity index (χ2v) is 4.57. The van der Waals surface area contributed by atoms with Crippen LogP contribution in [0.15, 0.2) is 12.4 Å². The third-order valence-electron chi connectivity index (χ3n) is 4.12. The van der Waals surface area contributed by atoms with Crippen LogP contribution in [-0.2, 0) is 4.79 Å². The van der Waals surface area contributed by atoms with E-state index in [2.05, 4.69) is 23.8 Å². The highest BCUT2D eigenvalue weighted by Crippen LogP contribution is 2.54. The number of nitrogens with zero attached hydrogens (tertiary/aromatic N) is 2. The molecule has 2 rings (SSSR count). The summed E-state index contributed by atoms with van der Waals surface area (Å²) in [7, 11) is 0. The van der Waals surface area contributed by atoms with Crippen molar-refractivity contribution in [2.75, 3.05) is 0 Å². The van der Waals surface area contributed by atoms with Gasteiger partial charge in [0.25, 0.3) is 0 Å². The molecule has 1 fully saturated rings. The fourth-order valence-electron chi connectivity index (χ4n) is 2.90. The van der Waals surface area contributed by atoms with Crippen molar-refractivity contribution in [1.29, 1.82) is 0 Å². The van der Waals surface area contributed by atoms with Crippen LogP contribution in [0.5, 0.6) is 0 Å².